The Morgan fingerprint density at radius 2 is 2.19 bits per heavy atom. The number of rotatable bonds is 3. The van der Waals surface area contributed by atoms with Crippen molar-refractivity contribution in [3.05, 3.63) is 47.4 Å². The molecule has 0 amide bonds. The van der Waals surface area contributed by atoms with Crippen LogP contribution in [-0.2, 0) is 0 Å². The number of nitrogens with two attached hydrogens (primary N) is 1. The lowest BCUT2D eigenvalue weighted by Crippen LogP contribution is -1.98. The van der Waals surface area contributed by atoms with Crippen LogP contribution in [0.15, 0.2) is 41.3 Å². The van der Waals surface area contributed by atoms with Crippen molar-refractivity contribution in [3.63, 3.8) is 0 Å². The van der Waals surface area contributed by atoms with Gasteiger partial charge in [-0.05, 0) is 29.5 Å². The largest absolute Gasteiger partial charge is 0.398 e. The highest BCUT2D eigenvalue weighted by Crippen LogP contribution is 2.23. The van der Waals surface area contributed by atoms with E-state index in [0.717, 1.165) is 26.8 Å². The molecular formula is C13H16N2S. The van der Waals surface area contributed by atoms with Crippen LogP contribution in [0.5, 0.6) is 0 Å². The molecule has 0 atom stereocenters. The Kier molecular flexibility index (Phi) is 4.38. The van der Waals surface area contributed by atoms with Gasteiger partial charge in [0, 0.05) is 18.3 Å². The fourth-order valence-electron chi connectivity index (χ4n) is 1.28. The first-order valence-electron chi connectivity index (χ1n) is 4.91. The molecule has 0 fully saturated rings. The molecule has 0 saturated heterocycles. The fraction of sp³-hybridized carbons (Fsp3) is 0.154. The molecule has 0 bridgehead atoms. The first-order chi connectivity index (χ1) is 7.58. The average molecular weight is 232 g/mol. The highest BCUT2D eigenvalue weighted by Gasteiger charge is 2.05. The van der Waals surface area contributed by atoms with Crippen LogP contribution in [0.1, 0.15) is 18.1 Å². The number of hydrogen-bond acceptors (Lipinski definition) is 3. The molecule has 3 heteroatoms. The third-order valence-electron chi connectivity index (χ3n) is 2.03. The number of nitrogen functional groups attached to an aromatic ring is 1. The number of allylic oxidation sites excluding steroid dienone is 1. The summed E-state index contributed by atoms with van der Waals surface area (Å²) in [5.74, 6) is 0. The van der Waals surface area contributed by atoms with Gasteiger partial charge in [-0.1, -0.05) is 37.1 Å². The van der Waals surface area contributed by atoms with E-state index >= 15 is 0 Å². The fourth-order valence-corrected chi connectivity index (χ4v) is 1.95. The Bertz CT molecular complexity index is 447. The lowest BCUT2D eigenvalue weighted by atomic mass is 10.1. The number of hydrogen-bond donors (Lipinski definition) is 1. The van der Waals surface area contributed by atoms with Gasteiger partial charge in [-0.2, -0.15) is 0 Å². The maximum absolute atomic E-state index is 5.81. The molecule has 2 nitrogen and oxygen atoms in total. The summed E-state index contributed by atoms with van der Waals surface area (Å²) < 4.78 is 0. The Morgan fingerprint density at radius 3 is 2.69 bits per heavy atom. The van der Waals surface area contributed by atoms with Crippen LogP contribution in [0, 0.1) is 0 Å². The van der Waals surface area contributed by atoms with Crippen LogP contribution < -0.4 is 5.73 Å². The second kappa shape index (κ2) is 5.56. The van der Waals surface area contributed by atoms with Gasteiger partial charge >= 0.3 is 0 Å². The van der Waals surface area contributed by atoms with Crippen molar-refractivity contribution >= 4 is 28.6 Å². The Balaban J connectivity index is 3.12. The van der Waals surface area contributed by atoms with E-state index < -0.39 is 0 Å². The van der Waals surface area contributed by atoms with E-state index in [0.29, 0.717) is 0 Å². The summed E-state index contributed by atoms with van der Waals surface area (Å²) in [6, 6.07) is 5.82. The van der Waals surface area contributed by atoms with Gasteiger partial charge in [-0.15, -0.1) is 0 Å². The van der Waals surface area contributed by atoms with Crippen molar-refractivity contribution in [2.45, 2.75) is 6.92 Å². The quantitative estimate of drug-likeness (QED) is 0.491. The Hall–Kier alpha value is -1.48. The molecule has 0 aliphatic rings. The van der Waals surface area contributed by atoms with Gasteiger partial charge in [0.25, 0.3) is 0 Å². The molecule has 1 aromatic rings. The van der Waals surface area contributed by atoms with Gasteiger partial charge in [0.05, 0.1) is 0 Å². The van der Waals surface area contributed by atoms with E-state index in [-0.39, 0.29) is 0 Å². The molecule has 0 radical (unpaired) electrons. The number of nitrogens with zero attached hydrogens (tertiary/aromatic N) is 1. The Labute approximate surface area is 101 Å². The second-order valence-corrected chi connectivity index (χ2v) is 4.67. The number of aliphatic imine (C=N–C) groups is 1. The second-order valence-electron chi connectivity index (χ2n) is 3.38. The van der Waals surface area contributed by atoms with Gasteiger partial charge < -0.3 is 5.73 Å². The number of benzene rings is 1. The van der Waals surface area contributed by atoms with E-state index in [1.165, 1.54) is 0 Å². The first-order valence-corrected chi connectivity index (χ1v) is 5.72. The van der Waals surface area contributed by atoms with Crippen molar-refractivity contribution < 1.29 is 0 Å². The first kappa shape index (κ1) is 12.6. The molecule has 84 valence electrons. The summed E-state index contributed by atoms with van der Waals surface area (Å²) in [5, 5.41) is 0.940. The summed E-state index contributed by atoms with van der Waals surface area (Å²) in [6.45, 7) is 9.56. The highest BCUT2D eigenvalue weighted by atomic mass is 32.2. The lowest BCUT2D eigenvalue weighted by molar-refractivity contribution is 1.45. The van der Waals surface area contributed by atoms with Crippen molar-refractivity contribution in [3.8, 4) is 0 Å². The monoisotopic (exact) mass is 232 g/mol. The molecule has 0 aliphatic heterocycles. The Morgan fingerprint density at radius 1 is 1.50 bits per heavy atom. The summed E-state index contributed by atoms with van der Waals surface area (Å²) in [4.78, 5) is 5.26. The third-order valence-corrected chi connectivity index (χ3v) is 2.99. The molecule has 0 spiro atoms. The molecule has 0 unspecified atom stereocenters. The standard InChI is InChI=1S/C13H16N2S/c1-5-10-8-11(6-7-12(10)14)13(15-4)16-9(2)3/h5-8H,1-2,14H2,3-4H3. The molecule has 1 aromatic carbocycles. The van der Waals surface area contributed by atoms with Crippen molar-refractivity contribution in [1.29, 1.82) is 0 Å². The van der Waals surface area contributed by atoms with Crippen LogP contribution in [0.2, 0.25) is 0 Å². The van der Waals surface area contributed by atoms with Crippen LogP contribution in [0.25, 0.3) is 6.08 Å². The summed E-state index contributed by atoms with van der Waals surface area (Å²) in [7, 11) is 1.77. The van der Waals surface area contributed by atoms with Crippen LogP contribution in [-0.4, -0.2) is 12.1 Å². The van der Waals surface area contributed by atoms with E-state index in [9.17, 15) is 0 Å². The highest BCUT2D eigenvalue weighted by molar-refractivity contribution is 8.17. The van der Waals surface area contributed by atoms with E-state index in [2.05, 4.69) is 18.2 Å². The molecule has 0 saturated carbocycles. The summed E-state index contributed by atoms with van der Waals surface area (Å²) in [6.07, 6.45) is 1.75. The van der Waals surface area contributed by atoms with Crippen LogP contribution in [0.4, 0.5) is 5.69 Å². The smallest absolute Gasteiger partial charge is 0.102 e. The minimum Gasteiger partial charge on any atom is -0.398 e. The lowest BCUT2D eigenvalue weighted by Gasteiger charge is -2.07. The average Bonchev–Trinajstić information content (AvgIpc) is 2.26. The number of anilines is 1. The predicted molar refractivity (Wildman–Crippen MR) is 75.8 cm³/mol. The van der Waals surface area contributed by atoms with Gasteiger partial charge in [0.2, 0.25) is 0 Å². The normalized spacial score (nSPS) is 11.2. The van der Waals surface area contributed by atoms with Gasteiger partial charge in [-0.25, -0.2) is 0 Å². The minimum absolute atomic E-state index is 0.731. The minimum atomic E-state index is 0.731. The zero-order chi connectivity index (χ0) is 12.1. The van der Waals surface area contributed by atoms with Crippen molar-refractivity contribution in [2.24, 2.45) is 4.99 Å². The van der Waals surface area contributed by atoms with Gasteiger partial charge in [0.15, 0.2) is 0 Å². The zero-order valence-corrected chi connectivity index (χ0v) is 10.5. The summed E-state index contributed by atoms with van der Waals surface area (Å²) >= 11 is 1.56. The van der Waals surface area contributed by atoms with Crippen molar-refractivity contribution in [1.82, 2.24) is 0 Å². The van der Waals surface area contributed by atoms with Gasteiger partial charge in [0.1, 0.15) is 5.04 Å². The molecule has 0 aliphatic carbocycles. The molecular weight excluding hydrogens is 216 g/mol. The molecule has 2 N–H and O–H groups in total. The summed E-state index contributed by atoms with van der Waals surface area (Å²) in [5.41, 5.74) is 8.51. The topological polar surface area (TPSA) is 38.4 Å². The molecule has 16 heavy (non-hydrogen) atoms. The van der Waals surface area contributed by atoms with Gasteiger partial charge in [-0.3, -0.25) is 4.99 Å². The maximum atomic E-state index is 5.81. The van der Waals surface area contributed by atoms with E-state index in [1.54, 1.807) is 24.9 Å². The molecule has 0 heterocycles. The van der Waals surface area contributed by atoms with Crippen LogP contribution in [0.3, 0.4) is 0 Å². The van der Waals surface area contributed by atoms with E-state index in [4.69, 9.17) is 5.73 Å². The predicted octanol–water partition coefficient (Wildman–Crippen LogP) is 3.56. The maximum Gasteiger partial charge on any atom is 0.102 e. The number of thioether (sulfide) groups is 1. The zero-order valence-electron chi connectivity index (χ0n) is 9.66. The SMILES string of the molecule is C=Cc1cc(C(=NC)SC(=C)C)ccc1N. The molecule has 1 rings (SSSR count). The molecule has 0 aromatic heterocycles. The van der Waals surface area contributed by atoms with Crippen LogP contribution >= 0.6 is 11.8 Å². The van der Waals surface area contributed by atoms with Crippen molar-refractivity contribution in [2.75, 3.05) is 12.8 Å². The van der Waals surface area contributed by atoms with E-state index in [1.807, 2.05) is 25.1 Å². The third kappa shape index (κ3) is 3.00.